The van der Waals surface area contributed by atoms with Crippen molar-refractivity contribution in [2.24, 2.45) is 0 Å². The molecule has 0 spiro atoms. The molecule has 0 saturated heterocycles. The largest absolute Gasteiger partial charge is 0.351 e. The molecule has 0 saturated carbocycles. The molecule has 2 heterocycles. The van der Waals surface area contributed by atoms with Crippen molar-refractivity contribution in [3.63, 3.8) is 0 Å². The highest BCUT2D eigenvalue weighted by Gasteiger charge is 2.06. The summed E-state index contributed by atoms with van der Waals surface area (Å²) in [5, 5.41) is 10.1. The van der Waals surface area contributed by atoms with Crippen LogP contribution in [0.25, 0.3) is 0 Å². The Kier molecular flexibility index (Phi) is 3.95. The fourth-order valence-corrected chi connectivity index (χ4v) is 1.42. The molecule has 94 valence electrons. The molecule has 18 heavy (non-hydrogen) atoms. The zero-order valence-electron chi connectivity index (χ0n) is 9.58. The van der Waals surface area contributed by atoms with Crippen LogP contribution in [-0.2, 0) is 6.54 Å². The molecule has 2 rings (SSSR count). The molecule has 0 aliphatic carbocycles. The normalized spacial score (nSPS) is 10.3. The topological polar surface area (TPSA) is 72.7 Å². The highest BCUT2D eigenvalue weighted by molar-refractivity contribution is 5.92. The first-order valence-corrected chi connectivity index (χ1v) is 5.50. The zero-order valence-corrected chi connectivity index (χ0v) is 9.58. The van der Waals surface area contributed by atoms with E-state index in [9.17, 15) is 9.18 Å². The lowest BCUT2D eigenvalue weighted by molar-refractivity contribution is 0.0946. The molecule has 0 aliphatic heterocycles. The number of hydrogen-bond donors (Lipinski definition) is 1. The molecule has 0 bridgehead atoms. The van der Waals surface area contributed by atoms with Gasteiger partial charge in [-0.05, 0) is 18.6 Å². The number of aryl methyl sites for hydroxylation is 1. The molecular formula is C11H12FN5O. The van der Waals surface area contributed by atoms with Gasteiger partial charge in [0, 0.05) is 19.3 Å². The summed E-state index contributed by atoms with van der Waals surface area (Å²) in [5.41, 5.74) is 0.0794. The Morgan fingerprint density at radius 1 is 1.44 bits per heavy atom. The summed E-state index contributed by atoms with van der Waals surface area (Å²) in [5.74, 6) is -1.04. The van der Waals surface area contributed by atoms with E-state index in [1.807, 2.05) is 0 Å². The van der Waals surface area contributed by atoms with E-state index in [4.69, 9.17) is 0 Å². The number of pyridine rings is 1. The first kappa shape index (κ1) is 12.2. The van der Waals surface area contributed by atoms with E-state index in [-0.39, 0.29) is 11.6 Å². The van der Waals surface area contributed by atoms with Crippen LogP contribution in [0.2, 0.25) is 0 Å². The quantitative estimate of drug-likeness (QED) is 0.623. The van der Waals surface area contributed by atoms with Gasteiger partial charge < -0.3 is 5.32 Å². The van der Waals surface area contributed by atoms with Crippen LogP contribution in [0.3, 0.4) is 0 Å². The maximum atomic E-state index is 12.8. The molecule has 0 aliphatic rings. The van der Waals surface area contributed by atoms with Crippen molar-refractivity contribution in [1.82, 2.24) is 25.3 Å². The SMILES string of the molecule is O=C(NCCCn1ccnn1)c1cccc(F)n1. The summed E-state index contributed by atoms with van der Waals surface area (Å²) in [6.45, 7) is 1.13. The van der Waals surface area contributed by atoms with Gasteiger partial charge in [-0.2, -0.15) is 4.39 Å². The number of hydrogen-bond acceptors (Lipinski definition) is 4. The smallest absolute Gasteiger partial charge is 0.269 e. The number of halogens is 1. The number of rotatable bonds is 5. The molecule has 6 nitrogen and oxygen atoms in total. The van der Waals surface area contributed by atoms with Gasteiger partial charge in [-0.15, -0.1) is 5.10 Å². The molecule has 0 atom stereocenters. The number of carbonyl (C=O) groups excluding carboxylic acids is 1. The van der Waals surface area contributed by atoms with Crippen molar-refractivity contribution in [3.8, 4) is 0 Å². The van der Waals surface area contributed by atoms with Gasteiger partial charge in [0.15, 0.2) is 0 Å². The molecule has 0 unspecified atom stereocenters. The van der Waals surface area contributed by atoms with Crippen molar-refractivity contribution in [1.29, 1.82) is 0 Å². The fraction of sp³-hybridized carbons (Fsp3) is 0.273. The van der Waals surface area contributed by atoms with Crippen LogP contribution in [0.15, 0.2) is 30.6 Å². The molecule has 2 aromatic rings. The van der Waals surface area contributed by atoms with E-state index in [0.717, 1.165) is 0 Å². The van der Waals surface area contributed by atoms with Crippen molar-refractivity contribution in [2.45, 2.75) is 13.0 Å². The minimum absolute atomic E-state index is 0.0794. The first-order valence-electron chi connectivity index (χ1n) is 5.50. The number of aromatic nitrogens is 4. The minimum Gasteiger partial charge on any atom is -0.351 e. The Morgan fingerprint density at radius 3 is 3.06 bits per heavy atom. The first-order chi connectivity index (χ1) is 8.75. The highest BCUT2D eigenvalue weighted by Crippen LogP contribution is 1.97. The summed E-state index contributed by atoms with van der Waals surface area (Å²) in [6, 6.07) is 4.12. The van der Waals surface area contributed by atoms with Crippen molar-refractivity contribution >= 4 is 5.91 Å². The average Bonchev–Trinajstić information content (AvgIpc) is 2.87. The third-order valence-corrected chi connectivity index (χ3v) is 2.27. The lowest BCUT2D eigenvalue weighted by Gasteiger charge is -2.04. The summed E-state index contributed by atoms with van der Waals surface area (Å²) < 4.78 is 14.5. The maximum absolute atomic E-state index is 12.8. The number of carbonyl (C=O) groups is 1. The van der Waals surface area contributed by atoms with Gasteiger partial charge in [0.1, 0.15) is 5.69 Å². The molecule has 7 heteroatoms. The second kappa shape index (κ2) is 5.85. The number of nitrogens with zero attached hydrogens (tertiary/aromatic N) is 4. The molecule has 0 fully saturated rings. The van der Waals surface area contributed by atoms with Gasteiger partial charge in [0.2, 0.25) is 5.95 Å². The van der Waals surface area contributed by atoms with Crippen molar-refractivity contribution in [3.05, 3.63) is 42.2 Å². The van der Waals surface area contributed by atoms with E-state index in [2.05, 4.69) is 20.6 Å². The predicted molar refractivity (Wildman–Crippen MR) is 61.2 cm³/mol. The van der Waals surface area contributed by atoms with Crippen LogP contribution >= 0.6 is 0 Å². The third kappa shape index (κ3) is 3.34. The molecule has 2 aromatic heterocycles. The fourth-order valence-electron chi connectivity index (χ4n) is 1.42. The highest BCUT2D eigenvalue weighted by atomic mass is 19.1. The summed E-state index contributed by atoms with van der Waals surface area (Å²) in [4.78, 5) is 15.1. The monoisotopic (exact) mass is 249 g/mol. The zero-order chi connectivity index (χ0) is 12.8. The maximum Gasteiger partial charge on any atom is 0.269 e. The third-order valence-electron chi connectivity index (χ3n) is 2.27. The lowest BCUT2D eigenvalue weighted by Crippen LogP contribution is -2.26. The van der Waals surface area contributed by atoms with Gasteiger partial charge in [0.25, 0.3) is 5.91 Å². The Balaban J connectivity index is 1.75. The molecule has 1 N–H and O–H groups in total. The molecule has 1 amide bonds. The van der Waals surface area contributed by atoms with E-state index in [1.165, 1.54) is 18.2 Å². The van der Waals surface area contributed by atoms with Crippen LogP contribution in [0, 0.1) is 5.95 Å². The van der Waals surface area contributed by atoms with Crippen LogP contribution in [-0.4, -0.2) is 32.4 Å². The molecular weight excluding hydrogens is 237 g/mol. The van der Waals surface area contributed by atoms with E-state index in [0.29, 0.717) is 19.5 Å². The van der Waals surface area contributed by atoms with Gasteiger partial charge in [-0.1, -0.05) is 11.3 Å². The van der Waals surface area contributed by atoms with Gasteiger partial charge in [-0.25, -0.2) is 4.98 Å². The summed E-state index contributed by atoms with van der Waals surface area (Å²) in [6.07, 6.45) is 4.05. The average molecular weight is 249 g/mol. The van der Waals surface area contributed by atoms with Crippen LogP contribution in [0.4, 0.5) is 4.39 Å². The number of amides is 1. The molecule has 0 radical (unpaired) electrons. The Labute approximate surface area is 103 Å². The standard InChI is InChI=1S/C11H12FN5O/c12-10-4-1-3-9(15-10)11(18)13-5-2-7-17-8-6-14-16-17/h1,3-4,6,8H,2,5,7H2,(H,13,18). The number of nitrogens with one attached hydrogen (secondary N) is 1. The lowest BCUT2D eigenvalue weighted by atomic mass is 10.3. The van der Waals surface area contributed by atoms with Crippen LogP contribution in [0.5, 0.6) is 0 Å². The summed E-state index contributed by atoms with van der Waals surface area (Å²) in [7, 11) is 0. The summed E-state index contributed by atoms with van der Waals surface area (Å²) >= 11 is 0. The van der Waals surface area contributed by atoms with Crippen molar-refractivity contribution in [2.75, 3.05) is 6.54 Å². The predicted octanol–water partition coefficient (Wildman–Crippen LogP) is 0.632. The van der Waals surface area contributed by atoms with Crippen molar-refractivity contribution < 1.29 is 9.18 Å². The van der Waals surface area contributed by atoms with E-state index < -0.39 is 5.95 Å². The van der Waals surface area contributed by atoms with E-state index in [1.54, 1.807) is 17.1 Å². The van der Waals surface area contributed by atoms with E-state index >= 15 is 0 Å². The van der Waals surface area contributed by atoms with Gasteiger partial charge in [0.05, 0.1) is 6.20 Å². The second-order valence-electron chi connectivity index (χ2n) is 3.62. The van der Waals surface area contributed by atoms with Gasteiger partial charge >= 0.3 is 0 Å². The van der Waals surface area contributed by atoms with Crippen LogP contribution < -0.4 is 5.32 Å². The Bertz CT molecular complexity index is 514. The Morgan fingerprint density at radius 2 is 2.33 bits per heavy atom. The van der Waals surface area contributed by atoms with Crippen LogP contribution in [0.1, 0.15) is 16.9 Å². The van der Waals surface area contributed by atoms with Gasteiger partial charge in [-0.3, -0.25) is 9.48 Å². The Hall–Kier alpha value is -2.31. The minimum atomic E-state index is -0.662. The molecule has 0 aromatic carbocycles. The second-order valence-corrected chi connectivity index (χ2v) is 3.62.